The van der Waals surface area contributed by atoms with Crippen LogP contribution in [0.2, 0.25) is 0 Å². The van der Waals surface area contributed by atoms with Crippen LogP contribution in [0, 0.1) is 0 Å². The van der Waals surface area contributed by atoms with Crippen molar-refractivity contribution in [2.75, 3.05) is 11.5 Å². The molecule has 1 aliphatic carbocycles. The molecule has 3 rings (SSSR count). The lowest BCUT2D eigenvalue weighted by molar-refractivity contribution is -0.118. The van der Waals surface area contributed by atoms with E-state index < -0.39 is 0 Å². The average Bonchev–Trinajstić information content (AvgIpc) is 3.04. The summed E-state index contributed by atoms with van der Waals surface area (Å²) in [7, 11) is 0. The van der Waals surface area contributed by atoms with E-state index in [2.05, 4.69) is 10.3 Å². The maximum atomic E-state index is 11.5. The molecule has 0 unspecified atom stereocenters. The number of anilines is 1. The fourth-order valence-electron chi connectivity index (χ4n) is 1.61. The van der Waals surface area contributed by atoms with Crippen molar-refractivity contribution in [3.63, 3.8) is 0 Å². The van der Waals surface area contributed by atoms with Crippen LogP contribution in [0.5, 0.6) is 0 Å². The Hall–Kier alpha value is -1.69. The Morgan fingerprint density at radius 2 is 2.39 bits per heavy atom. The molecule has 18 heavy (non-hydrogen) atoms. The largest absolute Gasteiger partial charge is 0.431 e. The zero-order valence-electron chi connectivity index (χ0n) is 9.68. The number of nitrogens with two attached hydrogens (primary N) is 1. The molecule has 0 atom stereocenters. The first-order chi connectivity index (χ1) is 8.70. The van der Waals surface area contributed by atoms with E-state index in [0.717, 1.165) is 18.4 Å². The summed E-state index contributed by atoms with van der Waals surface area (Å²) >= 11 is 1.30. The van der Waals surface area contributed by atoms with Crippen molar-refractivity contribution in [3.8, 4) is 0 Å². The highest BCUT2D eigenvalue weighted by molar-refractivity contribution is 7.99. The summed E-state index contributed by atoms with van der Waals surface area (Å²) in [5.41, 5.74) is 7.71. The number of benzene rings is 1. The van der Waals surface area contributed by atoms with Crippen LogP contribution in [0.25, 0.3) is 11.1 Å². The topological polar surface area (TPSA) is 81.1 Å². The van der Waals surface area contributed by atoms with E-state index in [4.69, 9.17) is 10.2 Å². The summed E-state index contributed by atoms with van der Waals surface area (Å²) in [5.74, 6) is 0.364. The van der Waals surface area contributed by atoms with Crippen LogP contribution in [0.4, 0.5) is 5.69 Å². The van der Waals surface area contributed by atoms with Crippen LogP contribution in [0.15, 0.2) is 27.8 Å². The summed E-state index contributed by atoms with van der Waals surface area (Å²) in [6, 6.07) is 5.71. The standard InChI is InChI=1S/C12H13N3O2S/c13-7-1-4-9-10(5-7)17-12(15-9)18-6-11(16)14-8-2-3-8/h1,4-5,8H,2-3,6,13H2,(H,14,16). The number of fused-ring (bicyclic) bond motifs is 1. The lowest BCUT2D eigenvalue weighted by Gasteiger charge is -1.99. The van der Waals surface area contributed by atoms with Gasteiger partial charge in [0.1, 0.15) is 5.52 Å². The molecule has 0 radical (unpaired) electrons. The summed E-state index contributed by atoms with van der Waals surface area (Å²) in [4.78, 5) is 15.8. The molecule has 1 aromatic heterocycles. The SMILES string of the molecule is Nc1ccc2nc(SCC(=O)NC3CC3)oc2c1. The van der Waals surface area contributed by atoms with Crippen molar-refractivity contribution in [2.45, 2.75) is 24.1 Å². The number of nitrogen functional groups attached to an aromatic ring is 1. The molecular weight excluding hydrogens is 250 g/mol. The van der Waals surface area contributed by atoms with Gasteiger partial charge in [-0.15, -0.1) is 0 Å². The minimum atomic E-state index is 0.0317. The quantitative estimate of drug-likeness (QED) is 0.649. The van der Waals surface area contributed by atoms with Crippen molar-refractivity contribution in [3.05, 3.63) is 18.2 Å². The van der Waals surface area contributed by atoms with Crippen LogP contribution in [0.1, 0.15) is 12.8 Å². The number of amides is 1. The predicted molar refractivity (Wildman–Crippen MR) is 70.3 cm³/mol. The molecular formula is C12H13N3O2S. The van der Waals surface area contributed by atoms with E-state index >= 15 is 0 Å². The molecule has 0 bridgehead atoms. The van der Waals surface area contributed by atoms with E-state index in [1.165, 1.54) is 11.8 Å². The number of oxazole rings is 1. The minimum absolute atomic E-state index is 0.0317. The maximum Gasteiger partial charge on any atom is 0.257 e. The molecule has 6 heteroatoms. The Kier molecular flexibility index (Phi) is 2.87. The number of hydrogen-bond donors (Lipinski definition) is 2. The Balaban J connectivity index is 1.64. The highest BCUT2D eigenvalue weighted by Crippen LogP contribution is 2.25. The third kappa shape index (κ3) is 2.59. The number of thioether (sulfide) groups is 1. The summed E-state index contributed by atoms with van der Waals surface area (Å²) in [6.07, 6.45) is 2.19. The molecule has 2 aromatic rings. The molecule has 94 valence electrons. The van der Waals surface area contributed by atoms with Gasteiger partial charge in [-0.05, 0) is 25.0 Å². The fraction of sp³-hybridized carbons (Fsp3) is 0.333. The highest BCUT2D eigenvalue weighted by Gasteiger charge is 2.23. The lowest BCUT2D eigenvalue weighted by atomic mass is 10.3. The van der Waals surface area contributed by atoms with E-state index in [1.54, 1.807) is 12.1 Å². The minimum Gasteiger partial charge on any atom is -0.431 e. The summed E-state index contributed by atoms with van der Waals surface area (Å²) < 4.78 is 5.51. The molecule has 1 fully saturated rings. The number of aromatic nitrogens is 1. The van der Waals surface area contributed by atoms with Crippen LogP contribution in [-0.2, 0) is 4.79 Å². The third-order valence-corrected chi connectivity index (χ3v) is 3.49. The molecule has 0 spiro atoms. The van der Waals surface area contributed by atoms with Crippen molar-refractivity contribution < 1.29 is 9.21 Å². The fourth-order valence-corrected chi connectivity index (χ4v) is 2.26. The van der Waals surface area contributed by atoms with E-state index in [-0.39, 0.29) is 5.91 Å². The van der Waals surface area contributed by atoms with Gasteiger partial charge in [0.05, 0.1) is 5.75 Å². The monoisotopic (exact) mass is 263 g/mol. The van der Waals surface area contributed by atoms with E-state index in [9.17, 15) is 4.79 Å². The molecule has 1 heterocycles. The van der Waals surface area contributed by atoms with E-state index in [0.29, 0.717) is 28.3 Å². The van der Waals surface area contributed by atoms with Gasteiger partial charge in [0.25, 0.3) is 5.22 Å². The second-order valence-corrected chi connectivity index (χ2v) is 5.26. The predicted octanol–water partition coefficient (Wildman–Crippen LogP) is 1.78. The van der Waals surface area contributed by atoms with Crippen LogP contribution in [-0.4, -0.2) is 22.7 Å². The van der Waals surface area contributed by atoms with Gasteiger partial charge in [-0.1, -0.05) is 11.8 Å². The van der Waals surface area contributed by atoms with Crippen molar-refractivity contribution >= 4 is 34.5 Å². The first-order valence-corrected chi connectivity index (χ1v) is 6.77. The molecule has 1 saturated carbocycles. The van der Waals surface area contributed by atoms with Gasteiger partial charge in [0.2, 0.25) is 5.91 Å². The number of carbonyl (C=O) groups is 1. The zero-order chi connectivity index (χ0) is 12.5. The number of nitrogens with one attached hydrogen (secondary N) is 1. The van der Waals surface area contributed by atoms with Crippen LogP contribution < -0.4 is 11.1 Å². The highest BCUT2D eigenvalue weighted by atomic mass is 32.2. The normalized spacial score (nSPS) is 14.9. The molecule has 5 nitrogen and oxygen atoms in total. The van der Waals surface area contributed by atoms with Gasteiger partial charge in [-0.25, -0.2) is 4.98 Å². The second kappa shape index (κ2) is 4.53. The van der Waals surface area contributed by atoms with Crippen molar-refractivity contribution in [1.29, 1.82) is 0 Å². The number of nitrogens with zero attached hydrogens (tertiary/aromatic N) is 1. The van der Waals surface area contributed by atoms with Gasteiger partial charge in [0.15, 0.2) is 5.58 Å². The molecule has 1 aliphatic rings. The third-order valence-electron chi connectivity index (χ3n) is 2.66. The zero-order valence-corrected chi connectivity index (χ0v) is 10.5. The summed E-state index contributed by atoms with van der Waals surface area (Å²) in [5, 5.41) is 3.42. The van der Waals surface area contributed by atoms with Crippen molar-refractivity contribution in [2.24, 2.45) is 0 Å². The van der Waals surface area contributed by atoms with Crippen LogP contribution >= 0.6 is 11.8 Å². The molecule has 0 aliphatic heterocycles. The molecule has 1 amide bonds. The number of carbonyl (C=O) groups excluding carboxylic acids is 1. The van der Waals surface area contributed by atoms with Gasteiger partial charge in [0, 0.05) is 17.8 Å². The Labute approximate surface area is 108 Å². The van der Waals surface area contributed by atoms with Crippen molar-refractivity contribution in [1.82, 2.24) is 10.3 Å². The maximum absolute atomic E-state index is 11.5. The molecule has 0 saturated heterocycles. The number of rotatable bonds is 4. The van der Waals surface area contributed by atoms with Gasteiger partial charge < -0.3 is 15.5 Å². The average molecular weight is 263 g/mol. The van der Waals surface area contributed by atoms with Gasteiger partial charge in [-0.2, -0.15) is 0 Å². The van der Waals surface area contributed by atoms with Gasteiger partial charge >= 0.3 is 0 Å². The Morgan fingerprint density at radius 3 is 3.17 bits per heavy atom. The molecule has 3 N–H and O–H groups in total. The smallest absolute Gasteiger partial charge is 0.257 e. The van der Waals surface area contributed by atoms with Crippen LogP contribution in [0.3, 0.4) is 0 Å². The second-order valence-electron chi connectivity index (χ2n) is 4.34. The first kappa shape index (κ1) is 11.4. The number of hydrogen-bond acceptors (Lipinski definition) is 5. The summed E-state index contributed by atoms with van der Waals surface area (Å²) in [6.45, 7) is 0. The Morgan fingerprint density at radius 1 is 1.56 bits per heavy atom. The molecule has 1 aromatic carbocycles. The first-order valence-electron chi connectivity index (χ1n) is 5.79. The van der Waals surface area contributed by atoms with E-state index in [1.807, 2.05) is 6.07 Å². The van der Waals surface area contributed by atoms with Gasteiger partial charge in [-0.3, -0.25) is 4.79 Å². The Bertz CT molecular complexity index is 592. The lowest BCUT2D eigenvalue weighted by Crippen LogP contribution is -2.26.